The molecule has 0 rings (SSSR count). The Hall–Kier alpha value is -0.483. The molecule has 0 bridgehead atoms. The van der Waals surface area contributed by atoms with Crippen molar-refractivity contribution < 1.29 is 4.43 Å². The molecule has 1 unspecified atom stereocenters. The molecule has 0 aromatic rings. The van der Waals surface area contributed by atoms with Gasteiger partial charge in [0.15, 0.2) is 0 Å². The lowest BCUT2D eigenvalue weighted by atomic mass is 10.4. The van der Waals surface area contributed by atoms with E-state index in [1.54, 1.807) is 0 Å². The summed E-state index contributed by atoms with van der Waals surface area (Å²) in [5, 5.41) is 0. The summed E-state index contributed by atoms with van der Waals surface area (Å²) in [5.74, 6) is 1.39. The molecule has 0 aromatic heterocycles. The highest BCUT2D eigenvalue weighted by molar-refractivity contribution is 6.57. The van der Waals surface area contributed by atoms with Gasteiger partial charge < -0.3 is 14.2 Å². The van der Waals surface area contributed by atoms with E-state index in [1.165, 1.54) is 11.9 Å². The van der Waals surface area contributed by atoms with E-state index in [9.17, 15) is 0 Å². The van der Waals surface area contributed by atoms with Crippen molar-refractivity contribution in [2.45, 2.75) is 47.6 Å². The second kappa shape index (κ2) is 10.4. The Bertz CT molecular complexity index is 212. The van der Waals surface area contributed by atoms with Gasteiger partial charge in [-0.05, 0) is 46.4 Å². The summed E-state index contributed by atoms with van der Waals surface area (Å²) in [5.41, 5.74) is 2.43. The van der Waals surface area contributed by atoms with E-state index in [2.05, 4.69) is 57.0 Å². The summed E-state index contributed by atoms with van der Waals surface area (Å²) in [4.78, 5) is 4.89. The molecular formula is C14H32N2OSi. The maximum absolute atomic E-state index is 5.91. The summed E-state index contributed by atoms with van der Waals surface area (Å²) >= 11 is 0. The van der Waals surface area contributed by atoms with Crippen LogP contribution >= 0.6 is 0 Å². The van der Waals surface area contributed by atoms with E-state index in [1.807, 2.05) is 0 Å². The third kappa shape index (κ3) is 5.44. The highest BCUT2D eigenvalue weighted by Gasteiger charge is 2.15. The summed E-state index contributed by atoms with van der Waals surface area (Å²) in [6.45, 7) is 18.3. The van der Waals surface area contributed by atoms with Gasteiger partial charge in [0.05, 0.1) is 5.82 Å². The summed E-state index contributed by atoms with van der Waals surface area (Å²) in [7, 11) is -1.18. The lowest BCUT2D eigenvalue weighted by Crippen LogP contribution is -2.37. The second-order valence-electron chi connectivity index (χ2n) is 4.27. The molecule has 0 saturated carbocycles. The average Bonchev–Trinajstić information content (AvgIpc) is 2.40. The normalized spacial score (nSPS) is 12.1. The first kappa shape index (κ1) is 17.5. The topological polar surface area (TPSA) is 15.7 Å². The fourth-order valence-electron chi connectivity index (χ4n) is 2.17. The second-order valence-corrected chi connectivity index (χ2v) is 6.83. The maximum atomic E-state index is 5.91. The zero-order valence-corrected chi connectivity index (χ0v) is 14.4. The third-order valence-electron chi connectivity index (χ3n) is 3.29. The van der Waals surface area contributed by atoms with Crippen molar-refractivity contribution in [3.63, 3.8) is 0 Å². The quantitative estimate of drug-likeness (QED) is 0.569. The minimum Gasteiger partial charge on any atom is -0.416 e. The molecule has 0 saturated heterocycles. The van der Waals surface area contributed by atoms with Crippen molar-refractivity contribution in [1.29, 1.82) is 0 Å². The molecule has 0 fully saturated rings. The number of nitrogens with zero attached hydrogens (tertiary/aromatic N) is 2. The molecule has 0 amide bonds. The van der Waals surface area contributed by atoms with Crippen molar-refractivity contribution in [2.75, 3.05) is 32.8 Å². The van der Waals surface area contributed by atoms with Crippen molar-refractivity contribution in [2.24, 2.45) is 0 Å². The SMILES string of the molecule is CCO[SiH](C=C(N(CC)CC)N(CC)CC)CC. The summed E-state index contributed by atoms with van der Waals surface area (Å²) in [6.07, 6.45) is 0. The fraction of sp³-hybridized carbons (Fsp3) is 0.857. The zero-order chi connectivity index (χ0) is 14.0. The predicted molar refractivity (Wildman–Crippen MR) is 83.2 cm³/mol. The highest BCUT2D eigenvalue weighted by atomic mass is 28.3. The molecule has 0 heterocycles. The van der Waals surface area contributed by atoms with Crippen LogP contribution < -0.4 is 0 Å². The number of hydrogen-bond donors (Lipinski definition) is 0. The van der Waals surface area contributed by atoms with Crippen molar-refractivity contribution in [1.82, 2.24) is 9.80 Å². The molecule has 4 heteroatoms. The van der Waals surface area contributed by atoms with Gasteiger partial charge in [-0.1, -0.05) is 6.92 Å². The van der Waals surface area contributed by atoms with Gasteiger partial charge in [0.1, 0.15) is 0 Å². The molecule has 0 aliphatic rings. The Morgan fingerprint density at radius 3 is 1.61 bits per heavy atom. The van der Waals surface area contributed by atoms with Gasteiger partial charge in [0.25, 0.3) is 0 Å². The van der Waals surface area contributed by atoms with Gasteiger partial charge in [0, 0.05) is 32.8 Å². The Balaban J connectivity index is 5.08. The fourth-order valence-corrected chi connectivity index (χ4v) is 3.92. The van der Waals surface area contributed by atoms with Gasteiger partial charge in [-0.15, -0.1) is 0 Å². The Labute approximate surface area is 116 Å². The van der Waals surface area contributed by atoms with Crippen LogP contribution in [0.1, 0.15) is 41.5 Å². The van der Waals surface area contributed by atoms with Crippen LogP contribution in [0.4, 0.5) is 0 Å². The molecular weight excluding hydrogens is 240 g/mol. The monoisotopic (exact) mass is 272 g/mol. The van der Waals surface area contributed by atoms with Crippen LogP contribution in [-0.2, 0) is 4.43 Å². The molecule has 1 atom stereocenters. The molecule has 0 radical (unpaired) electrons. The molecule has 3 nitrogen and oxygen atoms in total. The highest BCUT2D eigenvalue weighted by Crippen LogP contribution is 2.12. The first-order chi connectivity index (χ1) is 8.68. The first-order valence-electron chi connectivity index (χ1n) is 7.51. The van der Waals surface area contributed by atoms with Crippen molar-refractivity contribution in [3.05, 3.63) is 11.5 Å². The average molecular weight is 273 g/mol. The Morgan fingerprint density at radius 1 is 0.889 bits per heavy atom. The molecule has 108 valence electrons. The van der Waals surface area contributed by atoms with E-state index >= 15 is 0 Å². The molecule has 0 spiro atoms. The lowest BCUT2D eigenvalue weighted by Gasteiger charge is -2.34. The molecule has 0 aliphatic heterocycles. The van der Waals surface area contributed by atoms with E-state index < -0.39 is 9.04 Å². The summed E-state index contributed by atoms with van der Waals surface area (Å²) in [6, 6.07) is 1.17. The van der Waals surface area contributed by atoms with Crippen LogP contribution in [0.25, 0.3) is 0 Å². The van der Waals surface area contributed by atoms with E-state index in [0.717, 1.165) is 32.8 Å². The van der Waals surface area contributed by atoms with E-state index in [4.69, 9.17) is 4.43 Å². The zero-order valence-electron chi connectivity index (χ0n) is 13.2. The predicted octanol–water partition coefficient (Wildman–Crippen LogP) is 2.83. The molecule has 0 aromatic carbocycles. The molecule has 18 heavy (non-hydrogen) atoms. The van der Waals surface area contributed by atoms with Crippen LogP contribution in [0, 0.1) is 0 Å². The van der Waals surface area contributed by atoms with Crippen LogP contribution in [0.15, 0.2) is 11.5 Å². The number of rotatable bonds is 10. The van der Waals surface area contributed by atoms with Crippen LogP contribution in [0.3, 0.4) is 0 Å². The van der Waals surface area contributed by atoms with Gasteiger partial charge in [-0.25, -0.2) is 0 Å². The lowest BCUT2D eigenvalue weighted by molar-refractivity contribution is 0.234. The van der Waals surface area contributed by atoms with Gasteiger partial charge >= 0.3 is 0 Å². The van der Waals surface area contributed by atoms with E-state index in [-0.39, 0.29) is 0 Å². The third-order valence-corrected chi connectivity index (χ3v) is 5.53. The first-order valence-corrected chi connectivity index (χ1v) is 9.46. The minimum absolute atomic E-state index is 0.838. The van der Waals surface area contributed by atoms with E-state index in [0.29, 0.717) is 0 Å². The molecule has 0 N–H and O–H groups in total. The number of hydrogen-bond acceptors (Lipinski definition) is 3. The maximum Gasteiger partial charge on any atom is 0.204 e. The van der Waals surface area contributed by atoms with Gasteiger partial charge in [-0.2, -0.15) is 0 Å². The van der Waals surface area contributed by atoms with Crippen molar-refractivity contribution >= 4 is 9.04 Å². The minimum atomic E-state index is -1.18. The van der Waals surface area contributed by atoms with Crippen molar-refractivity contribution in [3.8, 4) is 0 Å². The Kier molecular flexibility index (Phi) is 10.2. The Morgan fingerprint density at radius 2 is 1.33 bits per heavy atom. The smallest absolute Gasteiger partial charge is 0.204 e. The summed E-state index contributed by atoms with van der Waals surface area (Å²) < 4.78 is 5.91. The van der Waals surface area contributed by atoms with Gasteiger partial charge in [-0.3, -0.25) is 0 Å². The van der Waals surface area contributed by atoms with Crippen LogP contribution in [0.2, 0.25) is 6.04 Å². The van der Waals surface area contributed by atoms with Crippen LogP contribution in [-0.4, -0.2) is 51.6 Å². The molecule has 0 aliphatic carbocycles. The largest absolute Gasteiger partial charge is 0.416 e. The standard InChI is InChI=1S/C14H32N2OSi/c1-7-15(8-2)14(16(9-3)10-4)13-18(12-6)17-11-5/h13,18H,7-12H2,1-6H3. The van der Waals surface area contributed by atoms with Crippen LogP contribution in [0.5, 0.6) is 0 Å². The van der Waals surface area contributed by atoms with Gasteiger partial charge in [0.2, 0.25) is 9.04 Å².